The van der Waals surface area contributed by atoms with Gasteiger partial charge in [-0.15, -0.1) is 24.0 Å². The third-order valence-corrected chi connectivity index (χ3v) is 5.25. The lowest BCUT2D eigenvalue weighted by Crippen LogP contribution is -2.47. The van der Waals surface area contributed by atoms with Crippen LogP contribution in [0.2, 0.25) is 0 Å². The van der Waals surface area contributed by atoms with Crippen molar-refractivity contribution in [3.8, 4) is 0 Å². The van der Waals surface area contributed by atoms with Crippen LogP contribution in [0.1, 0.15) is 37.5 Å². The molecule has 9 heteroatoms. The fourth-order valence-electron chi connectivity index (χ4n) is 3.76. The minimum atomic E-state index is 0. The number of benzene rings is 1. The van der Waals surface area contributed by atoms with E-state index in [0.717, 1.165) is 63.2 Å². The van der Waals surface area contributed by atoms with Crippen LogP contribution in [0, 0.1) is 6.92 Å². The zero-order chi connectivity index (χ0) is 21.3. The number of ether oxygens (including phenoxy) is 1. The smallest absolute Gasteiger partial charge is 0.191 e. The fraction of sp³-hybridized carbons (Fsp3) is 0.591. The molecule has 172 valence electrons. The number of methoxy groups -OCH3 is 1. The first kappa shape index (κ1) is 25.4. The van der Waals surface area contributed by atoms with Crippen LogP contribution >= 0.6 is 24.0 Å². The molecule has 1 aromatic heterocycles. The van der Waals surface area contributed by atoms with E-state index in [1.807, 2.05) is 4.68 Å². The summed E-state index contributed by atoms with van der Waals surface area (Å²) in [5.74, 6) is 2.66. The molecule has 2 N–H and O–H groups in total. The quantitative estimate of drug-likeness (QED) is 0.289. The van der Waals surface area contributed by atoms with Gasteiger partial charge in [-0.3, -0.25) is 4.99 Å². The van der Waals surface area contributed by atoms with Gasteiger partial charge in [-0.25, -0.2) is 9.67 Å². The Kier molecular flexibility index (Phi) is 10.5. The summed E-state index contributed by atoms with van der Waals surface area (Å²) in [5.41, 5.74) is 2.53. The van der Waals surface area contributed by atoms with Crippen molar-refractivity contribution in [2.45, 2.75) is 52.8 Å². The predicted molar refractivity (Wildman–Crippen MR) is 136 cm³/mol. The summed E-state index contributed by atoms with van der Waals surface area (Å²) in [6.45, 7) is 11.1. The van der Waals surface area contributed by atoms with Crippen LogP contribution < -0.4 is 15.5 Å². The molecule has 1 aliphatic heterocycles. The molecule has 0 spiro atoms. The molecule has 0 fully saturated rings. The number of halogens is 1. The zero-order valence-corrected chi connectivity index (χ0v) is 21.4. The SMILES string of the molecule is CCNC(=NCCN(CC)c1cccc(C)c1)NC1CCc2nc(COC)nn2C1.I. The Morgan fingerprint density at radius 1 is 1.35 bits per heavy atom. The van der Waals surface area contributed by atoms with Gasteiger partial charge < -0.3 is 20.3 Å². The number of aliphatic imine (C=N–C) groups is 1. The Bertz CT molecular complexity index is 839. The normalized spacial score (nSPS) is 15.7. The lowest BCUT2D eigenvalue weighted by molar-refractivity contribution is 0.177. The first-order chi connectivity index (χ1) is 14.6. The Morgan fingerprint density at radius 3 is 2.90 bits per heavy atom. The molecular weight excluding hydrogens is 505 g/mol. The van der Waals surface area contributed by atoms with Crippen molar-refractivity contribution in [3.05, 3.63) is 41.5 Å². The van der Waals surface area contributed by atoms with Crippen LogP contribution in [-0.2, 0) is 24.3 Å². The number of aryl methyl sites for hydroxylation is 2. The van der Waals surface area contributed by atoms with E-state index in [4.69, 9.17) is 9.73 Å². The second kappa shape index (κ2) is 12.8. The molecule has 2 aromatic rings. The molecule has 0 saturated heterocycles. The first-order valence-corrected chi connectivity index (χ1v) is 10.9. The van der Waals surface area contributed by atoms with Crippen molar-refractivity contribution in [1.29, 1.82) is 0 Å². The summed E-state index contributed by atoms with van der Waals surface area (Å²) in [5, 5.41) is 11.5. The highest BCUT2D eigenvalue weighted by Crippen LogP contribution is 2.15. The summed E-state index contributed by atoms with van der Waals surface area (Å²) in [7, 11) is 1.67. The van der Waals surface area contributed by atoms with Crippen molar-refractivity contribution in [3.63, 3.8) is 0 Å². The van der Waals surface area contributed by atoms with E-state index in [1.165, 1.54) is 11.3 Å². The molecule has 1 aromatic carbocycles. The van der Waals surface area contributed by atoms with Crippen LogP contribution in [0.15, 0.2) is 29.3 Å². The third-order valence-electron chi connectivity index (χ3n) is 5.25. The molecule has 3 rings (SSSR count). The predicted octanol–water partition coefficient (Wildman–Crippen LogP) is 2.75. The summed E-state index contributed by atoms with van der Waals surface area (Å²) in [4.78, 5) is 11.7. The lowest BCUT2D eigenvalue weighted by atomic mass is 10.1. The Labute approximate surface area is 202 Å². The van der Waals surface area contributed by atoms with E-state index in [0.29, 0.717) is 6.61 Å². The van der Waals surface area contributed by atoms with Gasteiger partial charge in [0, 0.05) is 44.9 Å². The van der Waals surface area contributed by atoms with Crippen molar-refractivity contribution < 1.29 is 4.74 Å². The van der Waals surface area contributed by atoms with E-state index in [-0.39, 0.29) is 30.0 Å². The van der Waals surface area contributed by atoms with Crippen LogP contribution in [0.5, 0.6) is 0 Å². The maximum Gasteiger partial charge on any atom is 0.191 e. The highest BCUT2D eigenvalue weighted by Gasteiger charge is 2.22. The molecule has 0 saturated carbocycles. The Morgan fingerprint density at radius 2 is 2.19 bits per heavy atom. The minimum Gasteiger partial charge on any atom is -0.377 e. The van der Waals surface area contributed by atoms with Gasteiger partial charge in [0.25, 0.3) is 0 Å². The standard InChI is InChI=1S/C22H35N7O.HI/c1-5-23-22(24-12-13-28(6-2)19-9-7-8-17(3)14-19)25-18-10-11-21-26-20(16-30-4)27-29(21)15-18;/h7-9,14,18H,5-6,10-13,15-16H2,1-4H3,(H2,23,24,25);1H. The maximum absolute atomic E-state index is 5.15. The third kappa shape index (κ3) is 7.34. The number of anilines is 1. The lowest BCUT2D eigenvalue weighted by Gasteiger charge is -2.26. The number of guanidine groups is 1. The highest BCUT2D eigenvalue weighted by atomic mass is 127. The zero-order valence-electron chi connectivity index (χ0n) is 19.1. The monoisotopic (exact) mass is 541 g/mol. The molecule has 31 heavy (non-hydrogen) atoms. The summed E-state index contributed by atoms with van der Waals surface area (Å²) >= 11 is 0. The van der Waals surface area contributed by atoms with E-state index in [1.54, 1.807) is 7.11 Å². The topological polar surface area (TPSA) is 79.6 Å². The van der Waals surface area contributed by atoms with E-state index >= 15 is 0 Å². The van der Waals surface area contributed by atoms with Crippen LogP contribution in [0.3, 0.4) is 0 Å². The molecule has 0 amide bonds. The largest absolute Gasteiger partial charge is 0.377 e. The number of nitrogens with one attached hydrogen (secondary N) is 2. The first-order valence-electron chi connectivity index (χ1n) is 10.9. The average Bonchev–Trinajstić information content (AvgIpc) is 3.13. The van der Waals surface area contributed by atoms with Crippen molar-refractivity contribution in [1.82, 2.24) is 25.4 Å². The second-order valence-corrected chi connectivity index (χ2v) is 7.62. The minimum absolute atomic E-state index is 0. The number of rotatable bonds is 9. The Balaban J connectivity index is 0.00000341. The number of fused-ring (bicyclic) bond motifs is 1. The molecule has 1 aliphatic rings. The van der Waals surface area contributed by atoms with Crippen molar-refractivity contribution in [2.75, 3.05) is 38.2 Å². The molecule has 0 aliphatic carbocycles. The fourth-order valence-corrected chi connectivity index (χ4v) is 3.76. The molecule has 2 heterocycles. The van der Waals surface area contributed by atoms with E-state index in [9.17, 15) is 0 Å². The average molecular weight is 541 g/mol. The molecular formula is C22H36IN7O. The number of likely N-dealkylation sites (N-methyl/N-ethyl adjacent to an activating group) is 1. The summed E-state index contributed by atoms with van der Waals surface area (Å²) in [6, 6.07) is 8.92. The summed E-state index contributed by atoms with van der Waals surface area (Å²) < 4.78 is 7.15. The van der Waals surface area contributed by atoms with Gasteiger partial charge in [0.05, 0.1) is 13.1 Å². The number of aromatic nitrogens is 3. The van der Waals surface area contributed by atoms with Gasteiger partial charge in [-0.05, 0) is 44.9 Å². The summed E-state index contributed by atoms with van der Waals surface area (Å²) in [6.07, 6.45) is 1.92. The van der Waals surface area contributed by atoms with Crippen molar-refractivity contribution in [2.24, 2.45) is 4.99 Å². The molecule has 8 nitrogen and oxygen atoms in total. The molecule has 0 radical (unpaired) electrons. The van der Waals surface area contributed by atoms with Gasteiger partial charge in [0.2, 0.25) is 0 Å². The van der Waals surface area contributed by atoms with E-state index in [2.05, 4.69) is 70.7 Å². The van der Waals surface area contributed by atoms with Crippen LogP contribution in [0.25, 0.3) is 0 Å². The number of nitrogens with zero attached hydrogens (tertiary/aromatic N) is 5. The van der Waals surface area contributed by atoms with Crippen molar-refractivity contribution >= 4 is 35.6 Å². The highest BCUT2D eigenvalue weighted by molar-refractivity contribution is 14.0. The van der Waals surface area contributed by atoms with Gasteiger partial charge in [-0.2, -0.15) is 5.10 Å². The van der Waals surface area contributed by atoms with E-state index < -0.39 is 0 Å². The molecule has 1 atom stereocenters. The molecule has 0 bridgehead atoms. The van der Waals surface area contributed by atoms with Gasteiger partial charge in [0.1, 0.15) is 12.4 Å². The second-order valence-electron chi connectivity index (χ2n) is 7.62. The van der Waals surface area contributed by atoms with Crippen LogP contribution in [0.4, 0.5) is 5.69 Å². The van der Waals surface area contributed by atoms with Crippen LogP contribution in [-0.4, -0.2) is 60.1 Å². The number of hydrogen-bond donors (Lipinski definition) is 2. The van der Waals surface area contributed by atoms with Gasteiger partial charge in [0.15, 0.2) is 11.8 Å². The van der Waals surface area contributed by atoms with Gasteiger partial charge in [-0.1, -0.05) is 12.1 Å². The maximum atomic E-state index is 5.15. The van der Waals surface area contributed by atoms with Gasteiger partial charge >= 0.3 is 0 Å². The molecule has 1 unspecified atom stereocenters. The Hall–Kier alpha value is -1.88. The number of hydrogen-bond acceptors (Lipinski definition) is 5.